The zero-order valence-electron chi connectivity index (χ0n) is 25.9. The van der Waals surface area contributed by atoms with Gasteiger partial charge in [0.05, 0.1) is 18.0 Å². The van der Waals surface area contributed by atoms with Crippen LogP contribution in [0.5, 0.6) is 11.8 Å². The quantitative estimate of drug-likeness (QED) is 0.230. The summed E-state index contributed by atoms with van der Waals surface area (Å²) in [4.78, 5) is 25.9. The molecule has 248 valence electrons. The van der Waals surface area contributed by atoms with Crippen molar-refractivity contribution in [3.05, 3.63) is 66.1 Å². The van der Waals surface area contributed by atoms with Gasteiger partial charge in [-0.2, -0.15) is 28.2 Å². The summed E-state index contributed by atoms with van der Waals surface area (Å²) in [6, 6.07) is 10.5. The SMILES string of the molecule is CCOc1ccc(-c2ccc([C@@H](Oc3cc(N4CCC5(CC4)CN[C@H](C(=O)O)C5)nc(N)n3)C(F)(F)F)c(-n3ccc(C)n3)c2)cn1. The van der Waals surface area contributed by atoms with E-state index in [0.29, 0.717) is 74.0 Å². The van der Waals surface area contributed by atoms with Crippen molar-refractivity contribution in [3.8, 4) is 28.6 Å². The van der Waals surface area contributed by atoms with Gasteiger partial charge in [0.2, 0.25) is 23.8 Å². The second-order valence-electron chi connectivity index (χ2n) is 11.9. The van der Waals surface area contributed by atoms with Gasteiger partial charge in [-0.3, -0.25) is 4.79 Å². The van der Waals surface area contributed by atoms with Gasteiger partial charge in [-0.15, -0.1) is 0 Å². The number of aliphatic carboxylic acids is 1. The molecule has 0 unspecified atom stereocenters. The highest BCUT2D eigenvalue weighted by Gasteiger charge is 2.46. The van der Waals surface area contributed by atoms with Gasteiger partial charge in [-0.25, -0.2) is 9.67 Å². The molecule has 3 aromatic heterocycles. The fourth-order valence-electron chi connectivity index (χ4n) is 6.24. The maximum Gasteiger partial charge on any atom is 0.429 e. The molecule has 0 amide bonds. The van der Waals surface area contributed by atoms with Crippen LogP contribution in [0.15, 0.2) is 54.9 Å². The smallest absolute Gasteiger partial charge is 0.429 e. The Morgan fingerprint density at radius 1 is 1.13 bits per heavy atom. The summed E-state index contributed by atoms with van der Waals surface area (Å²) in [7, 11) is 0. The highest BCUT2D eigenvalue weighted by Crippen LogP contribution is 2.42. The minimum absolute atomic E-state index is 0.159. The van der Waals surface area contributed by atoms with E-state index in [0.717, 1.165) is 0 Å². The third-order valence-corrected chi connectivity index (χ3v) is 8.69. The van der Waals surface area contributed by atoms with Crippen LogP contribution in [-0.4, -0.2) is 74.3 Å². The van der Waals surface area contributed by atoms with Crippen molar-refractivity contribution < 1.29 is 32.5 Å². The van der Waals surface area contributed by atoms with Crippen molar-refractivity contribution in [1.29, 1.82) is 0 Å². The number of nitrogens with one attached hydrogen (secondary N) is 1. The van der Waals surface area contributed by atoms with E-state index in [1.54, 1.807) is 49.6 Å². The average Bonchev–Trinajstić information content (AvgIpc) is 3.66. The average molecular weight is 653 g/mol. The summed E-state index contributed by atoms with van der Waals surface area (Å²) < 4.78 is 56.9. The molecule has 2 atom stereocenters. The number of anilines is 2. The molecule has 1 aromatic carbocycles. The van der Waals surface area contributed by atoms with E-state index < -0.39 is 24.3 Å². The van der Waals surface area contributed by atoms with Crippen LogP contribution in [-0.2, 0) is 4.79 Å². The fourth-order valence-corrected chi connectivity index (χ4v) is 6.24. The van der Waals surface area contributed by atoms with E-state index in [4.69, 9.17) is 15.2 Å². The highest BCUT2D eigenvalue weighted by molar-refractivity contribution is 5.74. The lowest BCUT2D eigenvalue weighted by Gasteiger charge is -2.39. The number of nitrogens with zero attached hydrogens (tertiary/aromatic N) is 6. The number of ether oxygens (including phenoxy) is 2. The molecule has 5 heterocycles. The van der Waals surface area contributed by atoms with Crippen LogP contribution in [0.4, 0.5) is 24.9 Å². The number of benzene rings is 1. The summed E-state index contributed by atoms with van der Waals surface area (Å²) in [6.45, 7) is 5.69. The first kappa shape index (κ1) is 32.0. The molecule has 0 radical (unpaired) electrons. The summed E-state index contributed by atoms with van der Waals surface area (Å²) in [5.41, 5.74) is 7.73. The fraction of sp³-hybridized carbons (Fsp3) is 0.406. The Labute approximate surface area is 268 Å². The van der Waals surface area contributed by atoms with Crippen LogP contribution in [0.25, 0.3) is 16.8 Å². The van der Waals surface area contributed by atoms with Gasteiger partial charge in [0.25, 0.3) is 0 Å². The maximum atomic E-state index is 14.8. The minimum Gasteiger partial charge on any atom is -0.480 e. The zero-order valence-corrected chi connectivity index (χ0v) is 25.9. The van der Waals surface area contributed by atoms with E-state index in [1.807, 2.05) is 11.8 Å². The largest absolute Gasteiger partial charge is 0.480 e. The lowest BCUT2D eigenvalue weighted by Crippen LogP contribution is -2.41. The molecule has 4 N–H and O–H groups in total. The van der Waals surface area contributed by atoms with Crippen molar-refractivity contribution in [2.45, 2.75) is 51.4 Å². The van der Waals surface area contributed by atoms with Gasteiger partial charge >= 0.3 is 12.1 Å². The Morgan fingerprint density at radius 2 is 1.89 bits per heavy atom. The monoisotopic (exact) mass is 652 g/mol. The molecule has 12 nitrogen and oxygen atoms in total. The summed E-state index contributed by atoms with van der Waals surface area (Å²) in [5, 5.41) is 16.9. The first-order valence-electron chi connectivity index (χ1n) is 15.3. The van der Waals surface area contributed by atoms with Crippen molar-refractivity contribution in [2.24, 2.45) is 5.41 Å². The molecule has 2 saturated heterocycles. The number of carboxylic acid groups (broad SMARTS) is 1. The van der Waals surface area contributed by atoms with Crippen molar-refractivity contribution in [2.75, 3.05) is 36.9 Å². The van der Waals surface area contributed by atoms with Gasteiger partial charge in [-0.1, -0.05) is 12.1 Å². The minimum atomic E-state index is -4.84. The lowest BCUT2D eigenvalue weighted by atomic mass is 9.76. The topological polar surface area (TPSA) is 154 Å². The first-order chi connectivity index (χ1) is 22.4. The van der Waals surface area contributed by atoms with E-state index in [2.05, 4.69) is 25.4 Å². The standard InChI is InChI=1S/C32H35F3N8O4/c1-3-46-26-7-5-21(17-37-26)20-4-6-22(24(14-20)43-11-8-19(2)41-43)28(32(33,34)35)47-27-15-25(39-30(36)40-27)42-12-9-31(10-13-42)16-23(29(44)45)38-18-31/h4-8,11,14-15,17,23,28,38H,3,9-10,12-13,16,18H2,1-2H3,(H,44,45)(H2,36,39,40)/t23-,28+/m0/s1. The maximum absolute atomic E-state index is 14.8. The van der Waals surface area contributed by atoms with Crippen LogP contribution in [0.1, 0.15) is 43.5 Å². The van der Waals surface area contributed by atoms with Crippen LogP contribution in [0.3, 0.4) is 0 Å². The predicted molar refractivity (Wildman–Crippen MR) is 166 cm³/mol. The number of aromatic nitrogens is 5. The Hall–Kier alpha value is -4.92. The molecule has 0 bridgehead atoms. The van der Waals surface area contributed by atoms with Crippen LogP contribution < -0.4 is 25.4 Å². The number of carboxylic acids is 1. The second-order valence-corrected chi connectivity index (χ2v) is 11.9. The molecule has 15 heteroatoms. The number of aryl methyl sites for hydroxylation is 1. The Kier molecular flexibility index (Phi) is 8.66. The molecule has 2 aliphatic rings. The van der Waals surface area contributed by atoms with Gasteiger partial charge in [0, 0.05) is 55.3 Å². The Bertz CT molecular complexity index is 1740. The van der Waals surface area contributed by atoms with Crippen molar-refractivity contribution >= 4 is 17.7 Å². The molecule has 47 heavy (non-hydrogen) atoms. The van der Waals surface area contributed by atoms with E-state index in [1.165, 1.54) is 16.8 Å². The number of carbonyl (C=O) groups is 1. The van der Waals surface area contributed by atoms with Crippen LogP contribution >= 0.6 is 0 Å². The molecule has 2 fully saturated rings. The third kappa shape index (κ3) is 6.94. The number of hydrogen-bond acceptors (Lipinski definition) is 10. The van der Waals surface area contributed by atoms with E-state index in [9.17, 15) is 23.1 Å². The normalized spacial score (nSPS) is 18.3. The van der Waals surface area contributed by atoms with Crippen molar-refractivity contribution in [3.63, 3.8) is 0 Å². The first-order valence-corrected chi connectivity index (χ1v) is 15.3. The highest BCUT2D eigenvalue weighted by atomic mass is 19.4. The number of pyridine rings is 1. The summed E-state index contributed by atoms with van der Waals surface area (Å²) in [6.07, 6.45) is -2.17. The molecule has 4 aromatic rings. The number of alkyl halides is 3. The van der Waals surface area contributed by atoms with E-state index >= 15 is 0 Å². The van der Waals surface area contributed by atoms with Gasteiger partial charge in [0.1, 0.15) is 11.9 Å². The number of halogens is 3. The molecular formula is C32H35F3N8O4. The number of hydrogen-bond donors (Lipinski definition) is 3. The summed E-state index contributed by atoms with van der Waals surface area (Å²) in [5.74, 6) is -0.650. The number of rotatable bonds is 9. The molecule has 2 aliphatic heterocycles. The van der Waals surface area contributed by atoms with E-state index in [-0.39, 0.29) is 28.5 Å². The van der Waals surface area contributed by atoms with Crippen LogP contribution in [0.2, 0.25) is 0 Å². The molecule has 1 spiro atoms. The lowest BCUT2D eigenvalue weighted by molar-refractivity contribution is -0.198. The molecule has 0 saturated carbocycles. The molecule has 0 aliphatic carbocycles. The molecular weight excluding hydrogens is 617 g/mol. The number of nitrogen functional groups attached to an aromatic ring is 1. The summed E-state index contributed by atoms with van der Waals surface area (Å²) >= 11 is 0. The Balaban J connectivity index is 1.29. The number of piperidine rings is 1. The predicted octanol–water partition coefficient (Wildman–Crippen LogP) is 4.73. The third-order valence-electron chi connectivity index (χ3n) is 8.69. The zero-order chi connectivity index (χ0) is 33.3. The van der Waals surface area contributed by atoms with Gasteiger partial charge < -0.3 is 30.5 Å². The van der Waals surface area contributed by atoms with Gasteiger partial charge in [0.15, 0.2) is 0 Å². The van der Waals surface area contributed by atoms with Gasteiger partial charge in [-0.05, 0) is 62.3 Å². The van der Waals surface area contributed by atoms with Crippen LogP contribution in [0, 0.1) is 12.3 Å². The number of nitrogens with two attached hydrogens (primary N) is 1. The van der Waals surface area contributed by atoms with Crippen molar-refractivity contribution in [1.82, 2.24) is 30.0 Å². The molecule has 6 rings (SSSR count). The second kappa shape index (κ2) is 12.7. The Morgan fingerprint density at radius 3 is 2.51 bits per heavy atom.